The molecule has 0 bridgehead atoms. The van der Waals surface area contributed by atoms with Gasteiger partial charge in [-0.05, 0) is 43.7 Å². The lowest BCUT2D eigenvalue weighted by atomic mass is 9.99. The number of fused-ring (bicyclic) bond motifs is 1. The van der Waals surface area contributed by atoms with Gasteiger partial charge in [0.25, 0.3) is 5.89 Å². The number of aryl methyl sites for hydroxylation is 2. The highest BCUT2D eigenvalue weighted by atomic mass is 32.1. The molecule has 102 valence electrons. The van der Waals surface area contributed by atoms with Crippen LogP contribution in [0, 0.1) is 0 Å². The van der Waals surface area contributed by atoms with E-state index in [1.165, 1.54) is 36.1 Å². The molecule has 0 aliphatic heterocycles. The van der Waals surface area contributed by atoms with Crippen LogP contribution in [0.15, 0.2) is 10.6 Å². The molecule has 1 unspecified atom stereocenters. The Balaban J connectivity index is 1.80. The van der Waals surface area contributed by atoms with E-state index in [4.69, 9.17) is 10.3 Å². The summed E-state index contributed by atoms with van der Waals surface area (Å²) in [6, 6.07) is 2.33. The van der Waals surface area contributed by atoms with E-state index in [2.05, 4.69) is 23.1 Å². The van der Waals surface area contributed by atoms with Crippen molar-refractivity contribution in [1.29, 1.82) is 0 Å². The average molecular weight is 277 g/mol. The van der Waals surface area contributed by atoms with Gasteiger partial charge in [0.2, 0.25) is 0 Å². The Morgan fingerprint density at radius 3 is 3.05 bits per heavy atom. The quantitative estimate of drug-likeness (QED) is 0.933. The summed E-state index contributed by atoms with van der Waals surface area (Å²) in [6.45, 7) is 2.07. The Bertz CT molecular complexity index is 537. The van der Waals surface area contributed by atoms with Crippen LogP contribution < -0.4 is 5.73 Å². The Morgan fingerprint density at radius 2 is 2.26 bits per heavy atom. The van der Waals surface area contributed by atoms with Gasteiger partial charge in [-0.1, -0.05) is 12.1 Å². The lowest BCUT2D eigenvalue weighted by Gasteiger charge is -2.08. The summed E-state index contributed by atoms with van der Waals surface area (Å²) in [5.41, 5.74) is 7.38. The molecule has 0 aromatic carbocycles. The molecule has 1 atom stereocenters. The van der Waals surface area contributed by atoms with Crippen molar-refractivity contribution in [2.75, 3.05) is 0 Å². The topological polar surface area (TPSA) is 64.9 Å². The summed E-state index contributed by atoms with van der Waals surface area (Å²) in [5, 5.41) is 4.03. The number of nitrogens with two attached hydrogens (primary N) is 1. The van der Waals surface area contributed by atoms with Gasteiger partial charge in [0, 0.05) is 17.3 Å². The van der Waals surface area contributed by atoms with E-state index in [-0.39, 0.29) is 6.04 Å². The van der Waals surface area contributed by atoms with E-state index in [9.17, 15) is 0 Å². The maximum absolute atomic E-state index is 5.91. The van der Waals surface area contributed by atoms with Crippen molar-refractivity contribution >= 4 is 11.3 Å². The van der Waals surface area contributed by atoms with E-state index >= 15 is 0 Å². The van der Waals surface area contributed by atoms with Gasteiger partial charge in [0.05, 0.1) is 4.88 Å². The third kappa shape index (κ3) is 2.72. The molecule has 1 aliphatic carbocycles. The zero-order valence-corrected chi connectivity index (χ0v) is 12.0. The highest BCUT2D eigenvalue weighted by Crippen LogP contribution is 2.34. The first kappa shape index (κ1) is 12.8. The predicted octanol–water partition coefficient (Wildman–Crippen LogP) is 2.96. The van der Waals surface area contributed by atoms with Crippen LogP contribution in [-0.2, 0) is 19.3 Å². The molecule has 0 saturated heterocycles. The molecule has 0 radical (unpaired) electrons. The fraction of sp³-hybridized carbons (Fsp3) is 0.571. The van der Waals surface area contributed by atoms with Crippen LogP contribution in [0.4, 0.5) is 0 Å². The first-order valence-electron chi connectivity index (χ1n) is 6.96. The fourth-order valence-corrected chi connectivity index (χ4v) is 3.59. The normalized spacial score (nSPS) is 16.3. The lowest BCUT2D eigenvalue weighted by Crippen LogP contribution is -2.21. The lowest BCUT2D eigenvalue weighted by molar-refractivity contribution is 0.420. The van der Waals surface area contributed by atoms with Gasteiger partial charge in [0.15, 0.2) is 5.82 Å². The van der Waals surface area contributed by atoms with Crippen LogP contribution in [0.25, 0.3) is 10.8 Å². The first-order valence-corrected chi connectivity index (χ1v) is 7.78. The van der Waals surface area contributed by atoms with E-state index in [1.54, 1.807) is 11.3 Å². The first-order chi connectivity index (χ1) is 9.26. The molecule has 1 aliphatic rings. The second-order valence-corrected chi connectivity index (χ2v) is 6.29. The molecule has 2 aromatic rings. The van der Waals surface area contributed by atoms with Crippen LogP contribution in [-0.4, -0.2) is 16.2 Å². The van der Waals surface area contributed by atoms with E-state index in [0.717, 1.165) is 17.1 Å². The van der Waals surface area contributed by atoms with Crippen LogP contribution in [0.1, 0.15) is 42.5 Å². The second kappa shape index (κ2) is 5.43. The Morgan fingerprint density at radius 1 is 1.42 bits per heavy atom. The number of hydrogen-bond donors (Lipinski definition) is 1. The molecular weight excluding hydrogens is 258 g/mol. The maximum Gasteiger partial charge on any atom is 0.268 e. The molecule has 0 saturated carbocycles. The van der Waals surface area contributed by atoms with Gasteiger partial charge in [-0.15, -0.1) is 11.3 Å². The van der Waals surface area contributed by atoms with E-state index in [1.807, 2.05) is 0 Å². The van der Waals surface area contributed by atoms with Crippen LogP contribution in [0.3, 0.4) is 0 Å². The summed E-state index contributed by atoms with van der Waals surface area (Å²) in [6.07, 6.45) is 6.59. The smallest absolute Gasteiger partial charge is 0.268 e. The third-order valence-electron chi connectivity index (χ3n) is 3.64. The number of aromatic nitrogens is 2. The zero-order valence-electron chi connectivity index (χ0n) is 11.2. The largest absolute Gasteiger partial charge is 0.333 e. The molecule has 2 aromatic heterocycles. The Kier molecular flexibility index (Phi) is 3.66. The van der Waals surface area contributed by atoms with Gasteiger partial charge in [-0.3, -0.25) is 0 Å². The third-order valence-corrected chi connectivity index (χ3v) is 4.87. The van der Waals surface area contributed by atoms with Crippen molar-refractivity contribution in [3.05, 3.63) is 22.3 Å². The maximum atomic E-state index is 5.91. The minimum Gasteiger partial charge on any atom is -0.333 e. The number of nitrogens with zero attached hydrogens (tertiary/aromatic N) is 2. The van der Waals surface area contributed by atoms with Gasteiger partial charge in [0.1, 0.15) is 0 Å². The van der Waals surface area contributed by atoms with Crippen molar-refractivity contribution in [3.8, 4) is 10.8 Å². The van der Waals surface area contributed by atoms with Crippen LogP contribution >= 0.6 is 11.3 Å². The van der Waals surface area contributed by atoms with Crippen molar-refractivity contribution in [2.24, 2.45) is 5.73 Å². The summed E-state index contributed by atoms with van der Waals surface area (Å²) in [4.78, 5) is 7.06. The molecule has 0 spiro atoms. The minimum absolute atomic E-state index is 0.113. The van der Waals surface area contributed by atoms with Gasteiger partial charge < -0.3 is 10.3 Å². The average Bonchev–Trinajstić information content (AvgIpc) is 3.04. The molecule has 0 fully saturated rings. The van der Waals surface area contributed by atoms with Crippen molar-refractivity contribution in [1.82, 2.24) is 10.1 Å². The van der Waals surface area contributed by atoms with Gasteiger partial charge >= 0.3 is 0 Å². The van der Waals surface area contributed by atoms with Gasteiger partial charge in [-0.2, -0.15) is 4.98 Å². The standard InChI is InChI=1S/C14H19N3OS/c1-2-10(15)8-13-16-14(18-17-13)12-7-9-5-3-4-6-11(9)19-12/h7,10H,2-6,8,15H2,1H3. The van der Waals surface area contributed by atoms with E-state index in [0.29, 0.717) is 12.3 Å². The molecule has 0 amide bonds. The Labute approximate surface area is 117 Å². The summed E-state index contributed by atoms with van der Waals surface area (Å²) in [7, 11) is 0. The summed E-state index contributed by atoms with van der Waals surface area (Å²) in [5.74, 6) is 1.37. The monoisotopic (exact) mass is 277 g/mol. The molecule has 19 heavy (non-hydrogen) atoms. The van der Waals surface area contributed by atoms with Crippen molar-refractivity contribution in [3.63, 3.8) is 0 Å². The Hall–Kier alpha value is -1.20. The van der Waals surface area contributed by atoms with Crippen LogP contribution in [0.5, 0.6) is 0 Å². The number of rotatable bonds is 4. The molecule has 4 nitrogen and oxygen atoms in total. The molecular formula is C14H19N3OS. The predicted molar refractivity (Wildman–Crippen MR) is 76.2 cm³/mol. The molecule has 5 heteroatoms. The highest BCUT2D eigenvalue weighted by molar-refractivity contribution is 7.15. The summed E-state index contributed by atoms with van der Waals surface area (Å²) >= 11 is 1.80. The highest BCUT2D eigenvalue weighted by Gasteiger charge is 2.18. The van der Waals surface area contributed by atoms with Gasteiger partial charge in [-0.25, -0.2) is 0 Å². The van der Waals surface area contributed by atoms with E-state index < -0.39 is 0 Å². The number of thiophene rings is 1. The minimum atomic E-state index is 0.113. The molecule has 3 rings (SSSR count). The number of hydrogen-bond acceptors (Lipinski definition) is 5. The SMILES string of the molecule is CCC(N)Cc1noc(-c2cc3c(s2)CCCC3)n1. The van der Waals surface area contributed by atoms with Crippen molar-refractivity contribution < 1.29 is 4.52 Å². The molecule has 2 N–H and O–H groups in total. The zero-order chi connectivity index (χ0) is 13.2. The summed E-state index contributed by atoms with van der Waals surface area (Å²) < 4.78 is 5.37. The second-order valence-electron chi connectivity index (χ2n) is 5.15. The van der Waals surface area contributed by atoms with Crippen molar-refractivity contribution in [2.45, 2.75) is 51.5 Å². The van der Waals surface area contributed by atoms with Crippen LogP contribution in [0.2, 0.25) is 0 Å². The molecule has 2 heterocycles. The fourth-order valence-electron chi connectivity index (χ4n) is 2.41.